The van der Waals surface area contributed by atoms with Gasteiger partial charge in [-0.25, -0.2) is 4.79 Å². The lowest BCUT2D eigenvalue weighted by Crippen LogP contribution is -2.42. The first-order valence-electron chi connectivity index (χ1n) is 8.73. The zero-order valence-corrected chi connectivity index (χ0v) is 17.1. The third kappa shape index (κ3) is 4.81. The molecule has 0 radical (unpaired) electrons. The molecule has 1 heterocycles. The van der Waals surface area contributed by atoms with Gasteiger partial charge in [0.2, 0.25) is 0 Å². The van der Waals surface area contributed by atoms with Crippen molar-refractivity contribution in [3.8, 4) is 5.88 Å². The number of benzene rings is 1. The van der Waals surface area contributed by atoms with Gasteiger partial charge in [0.1, 0.15) is 10.3 Å². The van der Waals surface area contributed by atoms with Crippen LogP contribution in [0.2, 0.25) is 5.02 Å². The normalized spacial score (nSPS) is 19.4. The van der Waals surface area contributed by atoms with Gasteiger partial charge in [-0.05, 0) is 46.8 Å². The molecule has 2 unspecified atom stereocenters. The van der Waals surface area contributed by atoms with Crippen molar-refractivity contribution in [2.45, 2.75) is 38.6 Å². The van der Waals surface area contributed by atoms with Crippen LogP contribution < -0.4 is 15.4 Å². The third-order valence-corrected chi connectivity index (χ3v) is 5.70. The second-order valence-electron chi connectivity index (χ2n) is 6.55. The molecular formula is C18H20BrClN4O3. The number of carbonyl (C=O) groups is 2. The number of halogens is 2. The highest BCUT2D eigenvalue weighted by Crippen LogP contribution is 2.31. The van der Waals surface area contributed by atoms with Crippen LogP contribution in [-0.4, -0.2) is 28.2 Å². The lowest BCUT2D eigenvalue weighted by Gasteiger charge is -2.28. The van der Waals surface area contributed by atoms with Crippen LogP contribution in [0.5, 0.6) is 5.88 Å². The molecule has 2 atom stereocenters. The fraction of sp³-hybridized carbons (Fsp3) is 0.389. The second kappa shape index (κ2) is 8.75. The van der Waals surface area contributed by atoms with E-state index in [1.54, 1.807) is 24.3 Å². The molecule has 0 bridgehead atoms. The van der Waals surface area contributed by atoms with E-state index in [4.69, 9.17) is 16.3 Å². The van der Waals surface area contributed by atoms with Crippen molar-refractivity contribution >= 4 is 45.3 Å². The van der Waals surface area contributed by atoms with Gasteiger partial charge in [-0.15, -0.1) is 5.10 Å². The minimum absolute atomic E-state index is 0.0467. The number of hydrogen-bond donors (Lipinski definition) is 3. The number of anilines is 1. The molecular weight excluding hydrogens is 436 g/mol. The Balaban J connectivity index is 1.62. The van der Waals surface area contributed by atoms with Crippen molar-refractivity contribution < 1.29 is 14.3 Å². The summed E-state index contributed by atoms with van der Waals surface area (Å²) in [6.45, 7) is 2.12. The zero-order chi connectivity index (χ0) is 19.4. The molecule has 1 aromatic carbocycles. The summed E-state index contributed by atoms with van der Waals surface area (Å²) in [5.41, 5.74) is 0.326. The summed E-state index contributed by atoms with van der Waals surface area (Å²) in [6.07, 6.45) is 3.75. The number of hydrogen-bond acceptors (Lipinski definition) is 4. The number of aromatic amines is 1. The topological polar surface area (TPSA) is 96.1 Å². The molecule has 1 aliphatic rings. The molecule has 7 nitrogen and oxygen atoms in total. The van der Waals surface area contributed by atoms with Gasteiger partial charge in [-0.1, -0.05) is 43.5 Å². The van der Waals surface area contributed by atoms with E-state index >= 15 is 0 Å². The summed E-state index contributed by atoms with van der Waals surface area (Å²) in [4.78, 5) is 24.5. The highest BCUT2D eigenvalue weighted by molar-refractivity contribution is 9.10. The van der Waals surface area contributed by atoms with Crippen molar-refractivity contribution in [1.29, 1.82) is 0 Å². The molecule has 144 valence electrons. The van der Waals surface area contributed by atoms with Gasteiger partial charge >= 0.3 is 6.09 Å². The lowest BCUT2D eigenvalue weighted by atomic mass is 9.86. The summed E-state index contributed by atoms with van der Waals surface area (Å²) in [5.74, 6) is 0.329. The molecule has 1 saturated carbocycles. The highest BCUT2D eigenvalue weighted by atomic mass is 79.9. The number of nitrogens with zero attached hydrogens (tertiary/aromatic N) is 1. The Hall–Kier alpha value is -2.06. The summed E-state index contributed by atoms with van der Waals surface area (Å²) in [5, 5.41) is 12.4. The molecule has 1 fully saturated rings. The van der Waals surface area contributed by atoms with E-state index in [9.17, 15) is 9.59 Å². The van der Waals surface area contributed by atoms with Crippen molar-refractivity contribution in [2.75, 3.05) is 5.32 Å². The summed E-state index contributed by atoms with van der Waals surface area (Å²) < 4.78 is 5.61. The number of H-pyrrole nitrogens is 1. The Bertz CT molecular complexity index is 842. The Kier molecular flexibility index (Phi) is 6.38. The number of aromatic nitrogens is 2. The van der Waals surface area contributed by atoms with Crippen LogP contribution in [0.15, 0.2) is 28.7 Å². The Morgan fingerprint density at radius 1 is 1.30 bits per heavy atom. The Labute approximate surface area is 170 Å². The zero-order valence-electron chi connectivity index (χ0n) is 14.7. The van der Waals surface area contributed by atoms with Gasteiger partial charge in [0.05, 0.1) is 10.6 Å². The van der Waals surface area contributed by atoms with Crippen LogP contribution in [0.1, 0.15) is 43.0 Å². The predicted molar refractivity (Wildman–Crippen MR) is 106 cm³/mol. The Morgan fingerprint density at radius 2 is 2.04 bits per heavy atom. The molecule has 3 rings (SSSR count). The second-order valence-corrected chi connectivity index (χ2v) is 7.75. The van der Waals surface area contributed by atoms with E-state index in [2.05, 4.69) is 43.7 Å². The third-order valence-electron chi connectivity index (χ3n) is 4.64. The van der Waals surface area contributed by atoms with E-state index in [0.717, 1.165) is 19.3 Å². The minimum Gasteiger partial charge on any atom is -0.388 e. The molecule has 0 aliphatic heterocycles. The van der Waals surface area contributed by atoms with Crippen LogP contribution in [0.4, 0.5) is 10.6 Å². The monoisotopic (exact) mass is 454 g/mol. The summed E-state index contributed by atoms with van der Waals surface area (Å²) in [7, 11) is 0. The maximum Gasteiger partial charge on any atom is 0.414 e. The fourth-order valence-electron chi connectivity index (χ4n) is 3.09. The van der Waals surface area contributed by atoms with Gasteiger partial charge in [0, 0.05) is 6.04 Å². The first-order valence-corrected chi connectivity index (χ1v) is 9.91. The number of amides is 2. The van der Waals surface area contributed by atoms with E-state index in [1.807, 2.05) is 0 Å². The van der Waals surface area contributed by atoms with Crippen molar-refractivity contribution in [2.24, 2.45) is 5.92 Å². The molecule has 2 aromatic rings. The Morgan fingerprint density at radius 3 is 2.78 bits per heavy atom. The van der Waals surface area contributed by atoms with Gasteiger partial charge in [0.25, 0.3) is 11.8 Å². The molecule has 0 spiro atoms. The van der Waals surface area contributed by atoms with Crippen molar-refractivity contribution in [1.82, 2.24) is 15.5 Å². The molecule has 1 aromatic heterocycles. The van der Waals surface area contributed by atoms with Gasteiger partial charge < -0.3 is 15.4 Å². The van der Waals surface area contributed by atoms with E-state index in [0.29, 0.717) is 21.0 Å². The quantitative estimate of drug-likeness (QED) is 0.620. The standard InChI is InChI=1S/C18H20BrClN4O3/c1-10-6-2-5-9-13(10)21-18(26)27-17-14(19)15(23-24-17)22-16(25)11-7-3-4-8-12(11)20/h3-4,7-8,10,13H,2,5-6,9H2,1H3,(H,21,26)(H2,22,23,24,25). The molecule has 9 heteroatoms. The molecule has 2 amide bonds. The smallest absolute Gasteiger partial charge is 0.388 e. The van der Waals surface area contributed by atoms with Crippen LogP contribution in [-0.2, 0) is 0 Å². The number of rotatable bonds is 4. The predicted octanol–water partition coefficient (Wildman–Crippen LogP) is 4.75. The minimum atomic E-state index is -0.565. The van der Waals surface area contributed by atoms with Gasteiger partial charge in [0.15, 0.2) is 0 Å². The van der Waals surface area contributed by atoms with Crippen LogP contribution in [0.3, 0.4) is 0 Å². The van der Waals surface area contributed by atoms with Gasteiger partial charge in [-0.3, -0.25) is 9.89 Å². The highest BCUT2D eigenvalue weighted by Gasteiger charge is 2.25. The molecule has 1 aliphatic carbocycles. The molecule has 27 heavy (non-hydrogen) atoms. The lowest BCUT2D eigenvalue weighted by molar-refractivity contribution is 0.102. The average Bonchev–Trinajstić information content (AvgIpc) is 2.97. The average molecular weight is 456 g/mol. The number of nitrogens with one attached hydrogen (secondary N) is 3. The number of carbonyl (C=O) groups excluding carboxylic acids is 2. The summed E-state index contributed by atoms with van der Waals surface area (Å²) in [6, 6.07) is 6.79. The number of ether oxygens (including phenoxy) is 1. The maximum atomic E-state index is 12.3. The SMILES string of the molecule is CC1CCCCC1NC(=O)Oc1n[nH]c(NC(=O)c2ccccc2Cl)c1Br. The van der Waals surface area contributed by atoms with Crippen molar-refractivity contribution in [3.05, 3.63) is 39.3 Å². The van der Waals surface area contributed by atoms with Crippen LogP contribution in [0.25, 0.3) is 0 Å². The van der Waals surface area contributed by atoms with E-state index < -0.39 is 12.0 Å². The largest absolute Gasteiger partial charge is 0.414 e. The fourth-order valence-corrected chi connectivity index (χ4v) is 3.67. The van der Waals surface area contributed by atoms with Crippen LogP contribution in [0, 0.1) is 5.92 Å². The molecule has 3 N–H and O–H groups in total. The van der Waals surface area contributed by atoms with Gasteiger partial charge in [-0.2, -0.15) is 0 Å². The van der Waals surface area contributed by atoms with Crippen molar-refractivity contribution in [3.63, 3.8) is 0 Å². The van der Waals surface area contributed by atoms with E-state index in [-0.39, 0.29) is 17.7 Å². The first kappa shape index (κ1) is 19.7. The summed E-state index contributed by atoms with van der Waals surface area (Å²) >= 11 is 9.32. The van der Waals surface area contributed by atoms with E-state index in [1.165, 1.54) is 6.42 Å². The first-order chi connectivity index (χ1) is 13.0. The maximum absolute atomic E-state index is 12.3. The molecule has 0 saturated heterocycles. The van der Waals surface area contributed by atoms with Crippen LogP contribution >= 0.6 is 27.5 Å².